The van der Waals surface area contributed by atoms with E-state index in [9.17, 15) is 9.59 Å². The number of likely N-dealkylation sites (tertiary alicyclic amines) is 1. The Balaban J connectivity index is 1.54. The van der Waals surface area contributed by atoms with Gasteiger partial charge in [0, 0.05) is 37.8 Å². The molecule has 3 rings (SSSR count). The van der Waals surface area contributed by atoms with Crippen molar-refractivity contribution in [3.63, 3.8) is 0 Å². The maximum atomic E-state index is 12.6. The molecular formula is C21H32N4O2. The third-order valence-corrected chi connectivity index (χ3v) is 5.41. The Morgan fingerprint density at radius 1 is 1.11 bits per heavy atom. The van der Waals surface area contributed by atoms with Crippen LogP contribution >= 0.6 is 0 Å². The summed E-state index contributed by atoms with van der Waals surface area (Å²) in [4.78, 5) is 33.8. The number of nitrogens with one attached hydrogen (secondary N) is 1. The number of aromatic nitrogens is 1. The molecule has 2 saturated heterocycles. The zero-order valence-corrected chi connectivity index (χ0v) is 16.8. The normalized spacial score (nSPS) is 20.6. The first-order valence-electron chi connectivity index (χ1n) is 10.1. The summed E-state index contributed by atoms with van der Waals surface area (Å²) in [6, 6.07) is 3.72. The number of carbonyl (C=O) groups is 2. The molecule has 0 saturated carbocycles. The van der Waals surface area contributed by atoms with Crippen molar-refractivity contribution >= 4 is 17.6 Å². The summed E-state index contributed by atoms with van der Waals surface area (Å²) in [5, 5.41) is 2.99. The summed E-state index contributed by atoms with van der Waals surface area (Å²) in [5.41, 5.74) is 0.521. The van der Waals surface area contributed by atoms with Crippen LogP contribution in [0.3, 0.4) is 0 Å². The molecule has 2 aliphatic heterocycles. The number of rotatable bonds is 4. The van der Waals surface area contributed by atoms with Crippen molar-refractivity contribution in [2.75, 3.05) is 24.5 Å². The molecule has 1 N–H and O–H groups in total. The Morgan fingerprint density at radius 3 is 2.48 bits per heavy atom. The van der Waals surface area contributed by atoms with Gasteiger partial charge in [-0.1, -0.05) is 26.8 Å². The van der Waals surface area contributed by atoms with Gasteiger partial charge in [-0.2, -0.15) is 0 Å². The standard InChI is InChI=1S/C21H32N4O2/c1-21(2,3)20(27)25-13-7-8-17(25)19(26)23-15-16-9-10-18(22-14-16)24-11-5-4-6-12-24/h9-10,14,17H,4-8,11-13,15H2,1-3H3,(H,23,26)/t17-/m1/s1. The molecule has 2 amide bonds. The topological polar surface area (TPSA) is 65.5 Å². The predicted molar refractivity (Wildman–Crippen MR) is 106 cm³/mol. The highest BCUT2D eigenvalue weighted by Gasteiger charge is 2.38. The van der Waals surface area contributed by atoms with Crippen molar-refractivity contribution < 1.29 is 9.59 Å². The molecule has 148 valence electrons. The molecule has 0 aliphatic carbocycles. The molecule has 0 aromatic carbocycles. The van der Waals surface area contributed by atoms with Crippen molar-refractivity contribution in [2.45, 2.75) is 65.5 Å². The molecule has 2 fully saturated rings. The van der Waals surface area contributed by atoms with Gasteiger partial charge < -0.3 is 15.1 Å². The minimum absolute atomic E-state index is 0.0488. The van der Waals surface area contributed by atoms with Gasteiger partial charge in [-0.3, -0.25) is 9.59 Å². The second-order valence-corrected chi connectivity index (χ2v) is 8.70. The van der Waals surface area contributed by atoms with Crippen molar-refractivity contribution in [1.29, 1.82) is 0 Å². The first kappa shape index (κ1) is 19.6. The zero-order valence-electron chi connectivity index (χ0n) is 16.8. The van der Waals surface area contributed by atoms with Gasteiger partial charge in [-0.05, 0) is 43.7 Å². The Morgan fingerprint density at radius 2 is 1.85 bits per heavy atom. The largest absolute Gasteiger partial charge is 0.357 e. The number of piperidine rings is 1. The number of pyridine rings is 1. The van der Waals surface area contributed by atoms with Gasteiger partial charge in [0.25, 0.3) is 0 Å². The van der Waals surface area contributed by atoms with Crippen LogP contribution in [0.1, 0.15) is 58.4 Å². The smallest absolute Gasteiger partial charge is 0.243 e. The van der Waals surface area contributed by atoms with Crippen LogP contribution in [0.2, 0.25) is 0 Å². The Labute approximate surface area is 162 Å². The summed E-state index contributed by atoms with van der Waals surface area (Å²) < 4.78 is 0. The molecule has 3 heterocycles. The highest BCUT2D eigenvalue weighted by atomic mass is 16.2. The van der Waals surface area contributed by atoms with Crippen molar-refractivity contribution in [3.8, 4) is 0 Å². The van der Waals surface area contributed by atoms with Crippen LogP contribution in [0, 0.1) is 5.41 Å². The molecule has 6 nitrogen and oxygen atoms in total. The minimum atomic E-state index is -0.461. The van der Waals surface area contributed by atoms with Gasteiger partial charge >= 0.3 is 0 Å². The van der Waals surface area contributed by atoms with E-state index >= 15 is 0 Å². The van der Waals surface area contributed by atoms with E-state index < -0.39 is 5.41 Å². The summed E-state index contributed by atoms with van der Waals surface area (Å²) in [5.74, 6) is 1.00. The number of hydrogen-bond acceptors (Lipinski definition) is 4. The monoisotopic (exact) mass is 372 g/mol. The average molecular weight is 373 g/mol. The minimum Gasteiger partial charge on any atom is -0.357 e. The number of nitrogens with zero attached hydrogens (tertiary/aromatic N) is 3. The van der Waals surface area contributed by atoms with E-state index in [1.807, 2.05) is 39.1 Å². The van der Waals surface area contributed by atoms with Gasteiger partial charge in [-0.15, -0.1) is 0 Å². The van der Waals surface area contributed by atoms with Gasteiger partial charge in [0.1, 0.15) is 11.9 Å². The summed E-state index contributed by atoms with van der Waals surface area (Å²) >= 11 is 0. The number of hydrogen-bond donors (Lipinski definition) is 1. The van der Waals surface area contributed by atoms with Crippen LogP contribution in [0.15, 0.2) is 18.3 Å². The molecule has 0 unspecified atom stereocenters. The van der Waals surface area contributed by atoms with Gasteiger partial charge in [-0.25, -0.2) is 4.98 Å². The molecular weight excluding hydrogens is 340 g/mol. The maximum Gasteiger partial charge on any atom is 0.243 e. The average Bonchev–Trinajstić information content (AvgIpc) is 3.15. The number of carbonyl (C=O) groups excluding carboxylic acids is 2. The predicted octanol–water partition coefficient (Wildman–Crippen LogP) is 2.73. The maximum absolute atomic E-state index is 12.6. The molecule has 27 heavy (non-hydrogen) atoms. The lowest BCUT2D eigenvalue weighted by molar-refractivity contribution is -0.144. The van der Waals surface area contributed by atoms with E-state index in [1.165, 1.54) is 19.3 Å². The lowest BCUT2D eigenvalue weighted by atomic mass is 9.94. The molecule has 0 radical (unpaired) electrons. The zero-order chi connectivity index (χ0) is 19.4. The second kappa shape index (κ2) is 8.28. The fourth-order valence-electron chi connectivity index (χ4n) is 3.85. The highest BCUT2D eigenvalue weighted by Crippen LogP contribution is 2.25. The van der Waals surface area contributed by atoms with E-state index in [4.69, 9.17) is 0 Å². The molecule has 1 aromatic rings. The molecule has 6 heteroatoms. The quantitative estimate of drug-likeness (QED) is 0.883. The summed E-state index contributed by atoms with van der Waals surface area (Å²) in [7, 11) is 0. The SMILES string of the molecule is CC(C)(C)C(=O)N1CCC[C@@H]1C(=O)NCc1ccc(N2CCCCC2)nc1. The van der Waals surface area contributed by atoms with E-state index in [2.05, 4.69) is 15.2 Å². The van der Waals surface area contributed by atoms with Crippen molar-refractivity contribution in [3.05, 3.63) is 23.9 Å². The second-order valence-electron chi connectivity index (χ2n) is 8.70. The van der Waals surface area contributed by atoms with Gasteiger partial charge in [0.05, 0.1) is 0 Å². The first-order chi connectivity index (χ1) is 12.9. The molecule has 1 aromatic heterocycles. The fraction of sp³-hybridized carbons (Fsp3) is 0.667. The number of amides is 2. The number of anilines is 1. The van der Waals surface area contributed by atoms with Crippen LogP contribution < -0.4 is 10.2 Å². The van der Waals surface area contributed by atoms with Crippen LogP contribution in [0.4, 0.5) is 5.82 Å². The first-order valence-corrected chi connectivity index (χ1v) is 10.1. The molecule has 2 aliphatic rings. The third-order valence-electron chi connectivity index (χ3n) is 5.41. The Kier molecular flexibility index (Phi) is 6.02. The summed E-state index contributed by atoms with van der Waals surface area (Å²) in [6.07, 6.45) is 7.22. The molecule has 0 spiro atoms. The van der Waals surface area contributed by atoms with Crippen LogP contribution in [0.25, 0.3) is 0 Å². The van der Waals surface area contributed by atoms with Crippen LogP contribution in [0.5, 0.6) is 0 Å². The third kappa shape index (κ3) is 4.79. The van der Waals surface area contributed by atoms with E-state index in [-0.39, 0.29) is 17.9 Å². The molecule has 1 atom stereocenters. The van der Waals surface area contributed by atoms with E-state index in [1.54, 1.807) is 4.90 Å². The van der Waals surface area contributed by atoms with Gasteiger partial charge in [0.2, 0.25) is 11.8 Å². The fourth-order valence-corrected chi connectivity index (χ4v) is 3.85. The van der Waals surface area contributed by atoms with Crippen LogP contribution in [-0.4, -0.2) is 47.4 Å². The summed E-state index contributed by atoms with van der Waals surface area (Å²) in [6.45, 7) is 8.96. The van der Waals surface area contributed by atoms with Crippen molar-refractivity contribution in [2.24, 2.45) is 5.41 Å². The van der Waals surface area contributed by atoms with Gasteiger partial charge in [0.15, 0.2) is 0 Å². The van der Waals surface area contributed by atoms with Crippen molar-refractivity contribution in [1.82, 2.24) is 15.2 Å². The molecule has 0 bridgehead atoms. The Bertz CT molecular complexity index is 660. The van der Waals surface area contributed by atoms with E-state index in [0.29, 0.717) is 13.1 Å². The van der Waals surface area contributed by atoms with Crippen LogP contribution in [-0.2, 0) is 16.1 Å². The lowest BCUT2D eigenvalue weighted by Crippen LogP contribution is -2.49. The highest BCUT2D eigenvalue weighted by molar-refractivity contribution is 5.90. The lowest BCUT2D eigenvalue weighted by Gasteiger charge is -2.30. The Hall–Kier alpha value is -2.11. The van der Waals surface area contributed by atoms with E-state index in [0.717, 1.165) is 37.3 Å².